The molecular weight excluding hydrogens is 260 g/mol. The summed E-state index contributed by atoms with van der Waals surface area (Å²) >= 11 is 0. The summed E-state index contributed by atoms with van der Waals surface area (Å²) in [5, 5.41) is 3.52. The Balaban J connectivity index is 1.74. The van der Waals surface area contributed by atoms with Gasteiger partial charge in [-0.05, 0) is 24.3 Å². The second kappa shape index (κ2) is 9.19. The summed E-state index contributed by atoms with van der Waals surface area (Å²) < 4.78 is 5.78. The summed E-state index contributed by atoms with van der Waals surface area (Å²) in [5.74, 6) is 0.731. The maximum absolute atomic E-state index is 5.78. The van der Waals surface area contributed by atoms with Crippen molar-refractivity contribution >= 4 is 0 Å². The topological polar surface area (TPSA) is 24.5 Å². The van der Waals surface area contributed by atoms with Gasteiger partial charge in [-0.1, -0.05) is 44.2 Å². The Hall–Kier alpha value is -0.900. The molecule has 1 unspecified atom stereocenters. The SMILES string of the molecule is CC(C)CCOCCN1CCNCC1Cc1ccccc1. The zero-order valence-corrected chi connectivity index (χ0v) is 13.6. The molecule has 21 heavy (non-hydrogen) atoms. The van der Waals surface area contributed by atoms with E-state index in [1.165, 1.54) is 5.56 Å². The van der Waals surface area contributed by atoms with Crippen molar-refractivity contribution in [1.82, 2.24) is 10.2 Å². The zero-order valence-electron chi connectivity index (χ0n) is 13.6. The lowest BCUT2D eigenvalue weighted by Gasteiger charge is -2.36. The number of hydrogen-bond donors (Lipinski definition) is 1. The third-order valence-electron chi connectivity index (χ3n) is 4.15. The van der Waals surface area contributed by atoms with Gasteiger partial charge in [0.25, 0.3) is 0 Å². The first-order valence-electron chi connectivity index (χ1n) is 8.32. The molecule has 2 rings (SSSR count). The molecule has 1 aliphatic rings. The summed E-state index contributed by atoms with van der Waals surface area (Å²) in [4.78, 5) is 2.58. The second-order valence-electron chi connectivity index (χ2n) is 6.38. The quantitative estimate of drug-likeness (QED) is 0.745. The lowest BCUT2D eigenvalue weighted by atomic mass is 10.0. The van der Waals surface area contributed by atoms with Gasteiger partial charge in [0.05, 0.1) is 6.61 Å². The molecule has 1 fully saturated rings. The fourth-order valence-corrected chi connectivity index (χ4v) is 2.79. The van der Waals surface area contributed by atoms with Crippen LogP contribution in [-0.2, 0) is 11.2 Å². The minimum absolute atomic E-state index is 0.592. The van der Waals surface area contributed by atoms with E-state index in [9.17, 15) is 0 Å². The Kier molecular flexibility index (Phi) is 7.20. The highest BCUT2D eigenvalue weighted by atomic mass is 16.5. The molecule has 0 aromatic heterocycles. The molecular formula is C18H30N2O. The molecule has 118 valence electrons. The average Bonchev–Trinajstić information content (AvgIpc) is 2.49. The van der Waals surface area contributed by atoms with Gasteiger partial charge in [0, 0.05) is 38.8 Å². The molecule has 1 aliphatic heterocycles. The van der Waals surface area contributed by atoms with Crippen molar-refractivity contribution in [3.63, 3.8) is 0 Å². The standard InChI is InChI=1S/C18H30N2O/c1-16(2)8-12-21-13-11-20-10-9-19-15-18(20)14-17-6-4-3-5-7-17/h3-7,16,18-19H,8-15H2,1-2H3. The first-order valence-corrected chi connectivity index (χ1v) is 8.32. The van der Waals surface area contributed by atoms with E-state index >= 15 is 0 Å². The first-order chi connectivity index (χ1) is 10.3. The van der Waals surface area contributed by atoms with Crippen LogP contribution < -0.4 is 5.32 Å². The van der Waals surface area contributed by atoms with Crippen molar-refractivity contribution in [2.24, 2.45) is 5.92 Å². The number of hydrogen-bond acceptors (Lipinski definition) is 3. The van der Waals surface area contributed by atoms with Crippen molar-refractivity contribution in [3.05, 3.63) is 35.9 Å². The summed E-state index contributed by atoms with van der Waals surface area (Å²) in [5.41, 5.74) is 1.43. The lowest BCUT2D eigenvalue weighted by molar-refractivity contribution is 0.0718. The van der Waals surface area contributed by atoms with E-state index in [-0.39, 0.29) is 0 Å². The van der Waals surface area contributed by atoms with E-state index in [0.29, 0.717) is 6.04 Å². The monoisotopic (exact) mass is 290 g/mol. The van der Waals surface area contributed by atoms with Crippen molar-refractivity contribution in [1.29, 1.82) is 0 Å². The van der Waals surface area contributed by atoms with Crippen molar-refractivity contribution in [2.75, 3.05) is 39.4 Å². The van der Waals surface area contributed by atoms with Crippen LogP contribution in [-0.4, -0.2) is 50.3 Å². The minimum Gasteiger partial charge on any atom is -0.380 e. The van der Waals surface area contributed by atoms with E-state index in [0.717, 1.165) is 58.2 Å². The van der Waals surface area contributed by atoms with Crippen LogP contribution in [0.5, 0.6) is 0 Å². The highest BCUT2D eigenvalue weighted by Crippen LogP contribution is 2.11. The highest BCUT2D eigenvalue weighted by molar-refractivity contribution is 5.16. The molecule has 1 atom stereocenters. The lowest BCUT2D eigenvalue weighted by Crippen LogP contribution is -2.53. The largest absolute Gasteiger partial charge is 0.380 e. The molecule has 3 nitrogen and oxygen atoms in total. The molecule has 0 saturated carbocycles. The number of piperazine rings is 1. The summed E-state index contributed by atoms with van der Waals surface area (Å²) in [6, 6.07) is 11.4. The van der Waals surface area contributed by atoms with Gasteiger partial charge >= 0.3 is 0 Å². The minimum atomic E-state index is 0.592. The van der Waals surface area contributed by atoms with E-state index < -0.39 is 0 Å². The highest BCUT2D eigenvalue weighted by Gasteiger charge is 2.21. The summed E-state index contributed by atoms with van der Waals surface area (Å²) in [6.07, 6.45) is 2.29. The number of ether oxygens (including phenoxy) is 1. The molecule has 0 bridgehead atoms. The zero-order chi connectivity index (χ0) is 14.9. The van der Waals surface area contributed by atoms with E-state index in [1.807, 2.05) is 0 Å². The maximum Gasteiger partial charge on any atom is 0.0593 e. The molecule has 0 radical (unpaired) electrons. The van der Waals surface area contributed by atoms with Crippen molar-refractivity contribution in [3.8, 4) is 0 Å². The van der Waals surface area contributed by atoms with Gasteiger partial charge in [-0.2, -0.15) is 0 Å². The molecule has 0 spiro atoms. The van der Waals surface area contributed by atoms with Crippen molar-refractivity contribution < 1.29 is 4.74 Å². The van der Waals surface area contributed by atoms with Gasteiger partial charge in [-0.3, -0.25) is 4.90 Å². The Bertz CT molecular complexity index is 380. The van der Waals surface area contributed by atoms with Crippen LogP contribution in [0.25, 0.3) is 0 Å². The molecule has 1 N–H and O–H groups in total. The number of nitrogens with one attached hydrogen (secondary N) is 1. The van der Waals surface area contributed by atoms with Crippen LogP contribution in [0, 0.1) is 5.92 Å². The van der Waals surface area contributed by atoms with Crippen LogP contribution in [0.15, 0.2) is 30.3 Å². The molecule has 1 heterocycles. The van der Waals surface area contributed by atoms with Gasteiger partial charge in [0.2, 0.25) is 0 Å². The number of rotatable bonds is 8. The normalized spacial score (nSPS) is 20.0. The van der Waals surface area contributed by atoms with E-state index in [1.54, 1.807) is 0 Å². The fourth-order valence-electron chi connectivity index (χ4n) is 2.79. The van der Waals surface area contributed by atoms with Crippen LogP contribution in [0.1, 0.15) is 25.8 Å². The van der Waals surface area contributed by atoms with Crippen LogP contribution in [0.3, 0.4) is 0 Å². The predicted molar refractivity (Wildman–Crippen MR) is 88.7 cm³/mol. The Morgan fingerprint density at radius 3 is 2.81 bits per heavy atom. The van der Waals surface area contributed by atoms with Gasteiger partial charge in [-0.25, -0.2) is 0 Å². The third kappa shape index (κ3) is 6.16. The summed E-state index contributed by atoms with van der Waals surface area (Å²) in [6.45, 7) is 10.6. The van der Waals surface area contributed by atoms with Gasteiger partial charge in [0.1, 0.15) is 0 Å². The third-order valence-corrected chi connectivity index (χ3v) is 4.15. The molecule has 1 aromatic rings. The predicted octanol–water partition coefficient (Wildman–Crippen LogP) is 2.57. The van der Waals surface area contributed by atoms with E-state index in [2.05, 4.69) is 54.4 Å². The molecule has 0 amide bonds. The van der Waals surface area contributed by atoms with Gasteiger partial charge in [0.15, 0.2) is 0 Å². The van der Waals surface area contributed by atoms with Gasteiger partial charge in [-0.15, -0.1) is 0 Å². The molecule has 1 aromatic carbocycles. The van der Waals surface area contributed by atoms with Crippen LogP contribution in [0.4, 0.5) is 0 Å². The second-order valence-corrected chi connectivity index (χ2v) is 6.38. The summed E-state index contributed by atoms with van der Waals surface area (Å²) in [7, 11) is 0. The Morgan fingerprint density at radius 2 is 2.05 bits per heavy atom. The number of benzene rings is 1. The van der Waals surface area contributed by atoms with Crippen LogP contribution >= 0.6 is 0 Å². The van der Waals surface area contributed by atoms with Gasteiger partial charge < -0.3 is 10.1 Å². The van der Waals surface area contributed by atoms with Crippen molar-refractivity contribution in [2.45, 2.75) is 32.7 Å². The molecule has 3 heteroatoms. The smallest absolute Gasteiger partial charge is 0.0593 e. The maximum atomic E-state index is 5.78. The fraction of sp³-hybridized carbons (Fsp3) is 0.667. The molecule has 0 aliphatic carbocycles. The van der Waals surface area contributed by atoms with E-state index in [4.69, 9.17) is 4.74 Å². The average molecular weight is 290 g/mol. The first kappa shape index (κ1) is 16.5. The van der Waals surface area contributed by atoms with Crippen LogP contribution in [0.2, 0.25) is 0 Å². The Labute approximate surface area is 129 Å². The molecule has 1 saturated heterocycles. The number of nitrogens with zero attached hydrogens (tertiary/aromatic N) is 1. The Morgan fingerprint density at radius 1 is 1.24 bits per heavy atom.